The molecule has 0 aliphatic heterocycles. The van der Waals surface area contributed by atoms with Crippen LogP contribution in [0.25, 0.3) is 76.8 Å². The van der Waals surface area contributed by atoms with Crippen molar-refractivity contribution in [3.05, 3.63) is 170 Å². The molecule has 0 heterocycles. The highest BCUT2D eigenvalue weighted by Gasteiger charge is 2.18. The van der Waals surface area contributed by atoms with Crippen LogP contribution in [0.3, 0.4) is 0 Å². The number of hydrogen-bond donors (Lipinski definition) is 0. The molecule has 0 N–H and O–H groups in total. The minimum atomic E-state index is 1.23. The van der Waals surface area contributed by atoms with Gasteiger partial charge in [-0.1, -0.05) is 170 Å². The quantitative estimate of drug-likeness (QED) is 0.198. The van der Waals surface area contributed by atoms with E-state index >= 15 is 0 Å². The number of rotatable bonds is 4. The average molecular weight is 533 g/mol. The van der Waals surface area contributed by atoms with Gasteiger partial charge in [0.1, 0.15) is 0 Å². The van der Waals surface area contributed by atoms with E-state index in [-0.39, 0.29) is 0 Å². The summed E-state index contributed by atoms with van der Waals surface area (Å²) in [6.45, 7) is 0. The number of fused-ring (bicyclic) bond motifs is 3. The molecule has 42 heavy (non-hydrogen) atoms. The van der Waals surface area contributed by atoms with Crippen LogP contribution in [0.2, 0.25) is 0 Å². The third kappa shape index (κ3) is 4.00. The fourth-order valence-electron chi connectivity index (χ4n) is 6.59. The summed E-state index contributed by atoms with van der Waals surface area (Å²) in [6, 6.07) is 61.7. The second-order valence-electron chi connectivity index (χ2n) is 10.9. The highest BCUT2D eigenvalue weighted by atomic mass is 14.2. The molecule has 0 aromatic heterocycles. The Labute approximate surface area is 246 Å². The van der Waals surface area contributed by atoms with Crippen LogP contribution >= 0.6 is 0 Å². The van der Waals surface area contributed by atoms with Gasteiger partial charge in [0.15, 0.2) is 0 Å². The Balaban J connectivity index is 1.37. The monoisotopic (exact) mass is 532 g/mol. The van der Waals surface area contributed by atoms with Crippen LogP contribution in [0.15, 0.2) is 170 Å². The van der Waals surface area contributed by atoms with Gasteiger partial charge in [0, 0.05) is 0 Å². The van der Waals surface area contributed by atoms with Crippen LogP contribution in [0.5, 0.6) is 0 Å². The highest BCUT2D eigenvalue weighted by Crippen LogP contribution is 2.46. The second kappa shape index (κ2) is 10.2. The fraction of sp³-hybridized carbons (Fsp3) is 0. The molecule has 0 fully saturated rings. The first kappa shape index (κ1) is 24.3. The van der Waals surface area contributed by atoms with Crippen molar-refractivity contribution in [1.29, 1.82) is 0 Å². The van der Waals surface area contributed by atoms with Crippen molar-refractivity contribution in [2.45, 2.75) is 0 Å². The maximum atomic E-state index is 2.29. The molecule has 0 saturated carbocycles. The van der Waals surface area contributed by atoms with Crippen LogP contribution in [0.1, 0.15) is 0 Å². The first-order valence-electron chi connectivity index (χ1n) is 14.5. The molecule has 0 bridgehead atoms. The molecule has 196 valence electrons. The smallest absolute Gasteiger partial charge is 0.00201 e. The van der Waals surface area contributed by atoms with Gasteiger partial charge in [-0.15, -0.1) is 0 Å². The predicted octanol–water partition coefficient (Wildman–Crippen LogP) is 11.8. The van der Waals surface area contributed by atoms with E-state index in [2.05, 4.69) is 170 Å². The Bertz CT molecular complexity index is 2160. The summed E-state index contributed by atoms with van der Waals surface area (Å²) in [4.78, 5) is 0. The molecule has 0 unspecified atom stereocenters. The van der Waals surface area contributed by atoms with Crippen LogP contribution in [0.4, 0.5) is 0 Å². The van der Waals surface area contributed by atoms with Gasteiger partial charge in [-0.2, -0.15) is 0 Å². The van der Waals surface area contributed by atoms with E-state index < -0.39 is 0 Å². The van der Waals surface area contributed by atoms with Gasteiger partial charge in [0.2, 0.25) is 0 Å². The molecule has 0 spiro atoms. The van der Waals surface area contributed by atoms with Crippen molar-refractivity contribution < 1.29 is 0 Å². The largest absolute Gasteiger partial charge is 0.0622 e. The van der Waals surface area contributed by atoms with E-state index in [9.17, 15) is 0 Å². The zero-order valence-corrected chi connectivity index (χ0v) is 23.2. The minimum Gasteiger partial charge on any atom is -0.0622 e. The Morgan fingerprint density at radius 3 is 1.31 bits per heavy atom. The second-order valence-corrected chi connectivity index (χ2v) is 10.9. The van der Waals surface area contributed by atoms with E-state index in [0.29, 0.717) is 0 Å². The normalized spacial score (nSPS) is 11.3. The molecule has 0 aliphatic rings. The summed E-state index contributed by atoms with van der Waals surface area (Å²) in [6.07, 6.45) is 0. The third-order valence-corrected chi connectivity index (χ3v) is 8.49. The molecule has 0 radical (unpaired) electrons. The molecule has 0 aliphatic carbocycles. The van der Waals surface area contributed by atoms with Gasteiger partial charge in [0.25, 0.3) is 0 Å². The zero-order valence-electron chi connectivity index (χ0n) is 23.2. The zero-order chi connectivity index (χ0) is 27.9. The molecule has 0 atom stereocenters. The van der Waals surface area contributed by atoms with Crippen molar-refractivity contribution >= 4 is 32.3 Å². The first-order chi connectivity index (χ1) is 20.9. The maximum absolute atomic E-state index is 2.29. The lowest BCUT2D eigenvalue weighted by Gasteiger charge is -2.20. The van der Waals surface area contributed by atoms with E-state index in [1.165, 1.54) is 76.8 Å². The lowest BCUT2D eigenvalue weighted by atomic mass is 9.83. The van der Waals surface area contributed by atoms with Crippen molar-refractivity contribution in [3.63, 3.8) is 0 Å². The van der Waals surface area contributed by atoms with Gasteiger partial charge >= 0.3 is 0 Å². The van der Waals surface area contributed by atoms with Gasteiger partial charge in [-0.05, 0) is 76.8 Å². The standard InChI is InChI=1S/C42H28/c1-2-13-29(14-3-1)35-18-6-7-19-36(35)42-39-22-10-8-20-37(39)41(38-21-9-11-23-40(38)42)32-27-25-31(26-28-32)34-24-12-16-30-15-4-5-17-33(30)34/h1-28H. The van der Waals surface area contributed by atoms with Crippen LogP contribution in [-0.2, 0) is 0 Å². The Morgan fingerprint density at radius 1 is 0.214 bits per heavy atom. The molecule has 0 saturated heterocycles. The lowest BCUT2D eigenvalue weighted by Crippen LogP contribution is -1.92. The molecular formula is C42H28. The van der Waals surface area contributed by atoms with Crippen LogP contribution < -0.4 is 0 Å². The average Bonchev–Trinajstić information content (AvgIpc) is 3.07. The van der Waals surface area contributed by atoms with E-state index in [1.54, 1.807) is 0 Å². The summed E-state index contributed by atoms with van der Waals surface area (Å²) in [5.74, 6) is 0. The van der Waals surface area contributed by atoms with Crippen molar-refractivity contribution in [3.8, 4) is 44.5 Å². The summed E-state index contributed by atoms with van der Waals surface area (Å²) >= 11 is 0. The fourth-order valence-corrected chi connectivity index (χ4v) is 6.59. The topological polar surface area (TPSA) is 0 Å². The Hall–Kier alpha value is -5.46. The van der Waals surface area contributed by atoms with Crippen LogP contribution in [0, 0.1) is 0 Å². The van der Waals surface area contributed by atoms with Crippen LogP contribution in [-0.4, -0.2) is 0 Å². The SMILES string of the molecule is c1ccc(-c2ccccc2-c2c3ccccc3c(-c3ccc(-c4cccc5ccccc45)cc3)c3ccccc23)cc1. The van der Waals surface area contributed by atoms with Crippen molar-refractivity contribution in [2.24, 2.45) is 0 Å². The van der Waals surface area contributed by atoms with E-state index in [1.807, 2.05) is 0 Å². The molecule has 0 amide bonds. The van der Waals surface area contributed by atoms with Gasteiger partial charge < -0.3 is 0 Å². The molecule has 0 nitrogen and oxygen atoms in total. The summed E-state index contributed by atoms with van der Waals surface area (Å²) in [5, 5.41) is 7.63. The predicted molar refractivity (Wildman–Crippen MR) is 181 cm³/mol. The highest BCUT2D eigenvalue weighted by molar-refractivity contribution is 6.22. The lowest BCUT2D eigenvalue weighted by molar-refractivity contribution is 1.60. The molecular weight excluding hydrogens is 504 g/mol. The maximum Gasteiger partial charge on any atom is -0.00201 e. The van der Waals surface area contributed by atoms with E-state index in [4.69, 9.17) is 0 Å². The summed E-state index contributed by atoms with van der Waals surface area (Å²) in [5.41, 5.74) is 10.0. The molecule has 8 aromatic rings. The number of hydrogen-bond acceptors (Lipinski definition) is 0. The minimum absolute atomic E-state index is 1.23. The van der Waals surface area contributed by atoms with E-state index in [0.717, 1.165) is 0 Å². The summed E-state index contributed by atoms with van der Waals surface area (Å²) < 4.78 is 0. The molecule has 8 rings (SSSR count). The van der Waals surface area contributed by atoms with Gasteiger partial charge in [-0.3, -0.25) is 0 Å². The van der Waals surface area contributed by atoms with Gasteiger partial charge in [-0.25, -0.2) is 0 Å². The van der Waals surface area contributed by atoms with Crippen molar-refractivity contribution in [2.75, 3.05) is 0 Å². The Morgan fingerprint density at radius 2 is 0.643 bits per heavy atom. The van der Waals surface area contributed by atoms with Crippen molar-refractivity contribution in [1.82, 2.24) is 0 Å². The van der Waals surface area contributed by atoms with Gasteiger partial charge in [0.05, 0.1) is 0 Å². The first-order valence-corrected chi connectivity index (χ1v) is 14.5. The number of benzene rings is 8. The molecule has 0 heteroatoms. The third-order valence-electron chi connectivity index (χ3n) is 8.49. The molecule has 8 aromatic carbocycles. The summed E-state index contributed by atoms with van der Waals surface area (Å²) in [7, 11) is 0. The Kier molecular flexibility index (Phi) is 5.90.